The zero-order valence-corrected chi connectivity index (χ0v) is 20.6. The third kappa shape index (κ3) is 2.99. The van der Waals surface area contributed by atoms with Gasteiger partial charge in [0.2, 0.25) is 0 Å². The van der Waals surface area contributed by atoms with Crippen LogP contribution >= 0.6 is 0 Å². The highest BCUT2D eigenvalue weighted by Crippen LogP contribution is 2.46. The molecule has 6 rings (SSSR count). The van der Waals surface area contributed by atoms with Crippen molar-refractivity contribution in [3.8, 4) is 22.7 Å². The number of aryl methyl sites for hydroxylation is 2. The molecule has 0 saturated carbocycles. The number of hydrogen-bond acceptors (Lipinski definition) is 4. The van der Waals surface area contributed by atoms with Gasteiger partial charge >= 0.3 is 5.69 Å². The molecule has 36 heavy (non-hydrogen) atoms. The van der Waals surface area contributed by atoms with Gasteiger partial charge in [0.05, 0.1) is 46.8 Å². The molecule has 0 bridgehead atoms. The second-order valence-corrected chi connectivity index (χ2v) is 9.20. The van der Waals surface area contributed by atoms with E-state index in [1.807, 2.05) is 79.7 Å². The Morgan fingerprint density at radius 2 is 1.56 bits per heavy atom. The van der Waals surface area contributed by atoms with E-state index in [-0.39, 0.29) is 17.3 Å². The highest BCUT2D eigenvalue weighted by Gasteiger charge is 2.35. The molecule has 0 fully saturated rings. The summed E-state index contributed by atoms with van der Waals surface area (Å²) in [6.07, 6.45) is 0. The number of nitrogens with one attached hydrogen (secondary N) is 1. The topological polar surface area (TPSA) is 70.2 Å². The average molecular weight is 479 g/mol. The van der Waals surface area contributed by atoms with Crippen molar-refractivity contribution in [2.75, 3.05) is 12.4 Å². The van der Waals surface area contributed by atoms with E-state index in [0.717, 1.165) is 45.2 Å². The minimum absolute atomic E-state index is 0.318. The Bertz CT molecular complexity index is 1770. The highest BCUT2D eigenvalue weighted by molar-refractivity contribution is 5.99. The second kappa shape index (κ2) is 8.02. The Morgan fingerprint density at radius 1 is 0.861 bits per heavy atom. The molecule has 3 aromatic carbocycles. The first-order valence-corrected chi connectivity index (χ1v) is 11.8. The van der Waals surface area contributed by atoms with Crippen molar-refractivity contribution in [1.82, 2.24) is 13.7 Å². The van der Waals surface area contributed by atoms with E-state index in [0.29, 0.717) is 10.9 Å². The van der Waals surface area contributed by atoms with Crippen LogP contribution in [-0.2, 0) is 14.1 Å². The van der Waals surface area contributed by atoms with Gasteiger partial charge in [-0.2, -0.15) is 0 Å². The molecule has 0 radical (unpaired) electrons. The number of hydrogen-bond donors (Lipinski definition) is 1. The van der Waals surface area contributed by atoms with Gasteiger partial charge in [0.1, 0.15) is 5.75 Å². The predicted octanol–water partition coefficient (Wildman–Crippen LogP) is 4.53. The number of aromatic nitrogens is 3. The lowest BCUT2D eigenvalue weighted by atomic mass is 9.98. The Labute approximate surface area is 207 Å². The fraction of sp³-hybridized carbons (Fsp3) is 0.172. The lowest BCUT2D eigenvalue weighted by molar-refractivity contribution is 0.408. The van der Waals surface area contributed by atoms with Crippen molar-refractivity contribution in [1.29, 1.82) is 0 Å². The Morgan fingerprint density at radius 3 is 2.31 bits per heavy atom. The first-order valence-electron chi connectivity index (χ1n) is 11.8. The van der Waals surface area contributed by atoms with Gasteiger partial charge in [-0.15, -0.1) is 0 Å². The standard InChI is InChI=1S/C29H26N4O3/c1-17-13-15-18(16-14-17)25-23-26(31(2)29(35)32(3)28(23)34)27-24(19-9-5-8-12-22(19)36-4)30-20-10-6-7-11-21(20)33(25)27/h5-16,24,30H,1-4H3. The van der Waals surface area contributed by atoms with Crippen LogP contribution in [0.2, 0.25) is 0 Å². The normalized spacial score (nSPS) is 14.3. The fourth-order valence-electron chi connectivity index (χ4n) is 5.34. The molecule has 0 saturated heterocycles. The third-order valence-corrected chi connectivity index (χ3v) is 7.10. The summed E-state index contributed by atoms with van der Waals surface area (Å²) in [6, 6.07) is 23.6. The van der Waals surface area contributed by atoms with Gasteiger partial charge in [0.15, 0.2) is 0 Å². The molecular weight excluding hydrogens is 452 g/mol. The van der Waals surface area contributed by atoms with Crippen molar-refractivity contribution < 1.29 is 4.74 Å². The van der Waals surface area contributed by atoms with Gasteiger partial charge in [0.25, 0.3) is 5.56 Å². The van der Waals surface area contributed by atoms with Gasteiger partial charge in [-0.05, 0) is 30.7 Å². The smallest absolute Gasteiger partial charge is 0.331 e. The van der Waals surface area contributed by atoms with E-state index in [2.05, 4.69) is 9.88 Å². The van der Waals surface area contributed by atoms with Crippen molar-refractivity contribution in [2.45, 2.75) is 13.0 Å². The summed E-state index contributed by atoms with van der Waals surface area (Å²) >= 11 is 0. The summed E-state index contributed by atoms with van der Waals surface area (Å²) in [5.41, 5.74) is 6.31. The van der Waals surface area contributed by atoms with E-state index >= 15 is 0 Å². The quantitative estimate of drug-likeness (QED) is 0.414. The van der Waals surface area contributed by atoms with Crippen molar-refractivity contribution >= 4 is 16.6 Å². The third-order valence-electron chi connectivity index (χ3n) is 7.10. The summed E-state index contributed by atoms with van der Waals surface area (Å²) < 4.78 is 10.6. The molecule has 1 aliphatic rings. The Kier molecular flexibility index (Phi) is 4.89. The van der Waals surface area contributed by atoms with E-state index in [1.54, 1.807) is 18.7 Å². The Hall–Kier alpha value is -4.52. The highest BCUT2D eigenvalue weighted by atomic mass is 16.5. The number of rotatable bonds is 3. The van der Waals surface area contributed by atoms with Gasteiger partial charge < -0.3 is 14.6 Å². The zero-order chi connectivity index (χ0) is 25.1. The molecule has 7 nitrogen and oxygen atoms in total. The molecule has 5 aromatic rings. The van der Waals surface area contributed by atoms with Crippen LogP contribution in [0.15, 0.2) is 82.4 Å². The van der Waals surface area contributed by atoms with Crippen LogP contribution in [0, 0.1) is 6.92 Å². The molecular formula is C29H26N4O3. The molecule has 0 amide bonds. The van der Waals surface area contributed by atoms with Crippen molar-refractivity contribution in [3.63, 3.8) is 0 Å². The molecule has 0 aliphatic carbocycles. The average Bonchev–Trinajstić information content (AvgIpc) is 3.27. The molecule has 0 spiro atoms. The first kappa shape index (κ1) is 22.0. The van der Waals surface area contributed by atoms with Crippen LogP contribution in [0.3, 0.4) is 0 Å². The number of nitrogens with zero attached hydrogens (tertiary/aromatic N) is 3. The summed E-state index contributed by atoms with van der Waals surface area (Å²) in [7, 11) is 4.91. The number of benzene rings is 3. The van der Waals surface area contributed by atoms with E-state index in [4.69, 9.17) is 4.74 Å². The van der Waals surface area contributed by atoms with Crippen LogP contribution in [0.1, 0.15) is 22.9 Å². The van der Waals surface area contributed by atoms with Crippen molar-refractivity contribution in [3.05, 3.63) is 110 Å². The molecule has 3 heterocycles. The number of anilines is 1. The maximum absolute atomic E-state index is 13.7. The maximum atomic E-state index is 13.7. The molecule has 1 unspecified atom stereocenters. The summed E-state index contributed by atoms with van der Waals surface area (Å²) in [5.74, 6) is 0.723. The number of para-hydroxylation sites is 3. The van der Waals surface area contributed by atoms with Gasteiger partial charge in [-0.25, -0.2) is 4.79 Å². The molecule has 180 valence electrons. The number of ether oxygens (including phenoxy) is 1. The SMILES string of the molecule is COc1ccccc1C1Nc2ccccc2-n2c(-c3ccc(C)cc3)c3c(=O)n(C)c(=O)n(C)c3c21. The van der Waals surface area contributed by atoms with Gasteiger partial charge in [0, 0.05) is 19.7 Å². The predicted molar refractivity (Wildman–Crippen MR) is 142 cm³/mol. The first-order chi connectivity index (χ1) is 17.4. The van der Waals surface area contributed by atoms with E-state index in [9.17, 15) is 9.59 Å². The summed E-state index contributed by atoms with van der Waals surface area (Å²) in [6.45, 7) is 2.04. The van der Waals surface area contributed by atoms with Crippen LogP contribution in [0.4, 0.5) is 5.69 Å². The van der Waals surface area contributed by atoms with Crippen LogP contribution in [-0.4, -0.2) is 20.8 Å². The molecule has 1 aliphatic heterocycles. The van der Waals surface area contributed by atoms with E-state index in [1.165, 1.54) is 11.6 Å². The second-order valence-electron chi connectivity index (χ2n) is 9.20. The molecule has 1 N–H and O–H groups in total. The van der Waals surface area contributed by atoms with E-state index < -0.39 is 0 Å². The molecule has 7 heteroatoms. The monoisotopic (exact) mass is 478 g/mol. The van der Waals surface area contributed by atoms with Crippen molar-refractivity contribution in [2.24, 2.45) is 14.1 Å². The fourth-order valence-corrected chi connectivity index (χ4v) is 5.34. The van der Waals surface area contributed by atoms with Gasteiger partial charge in [-0.3, -0.25) is 13.9 Å². The lowest BCUT2D eigenvalue weighted by Crippen LogP contribution is -2.37. The minimum Gasteiger partial charge on any atom is -0.496 e. The Balaban J connectivity index is 1.86. The summed E-state index contributed by atoms with van der Waals surface area (Å²) in [4.78, 5) is 26.9. The lowest BCUT2D eigenvalue weighted by Gasteiger charge is -2.31. The number of fused-ring (bicyclic) bond motifs is 5. The maximum Gasteiger partial charge on any atom is 0.331 e. The summed E-state index contributed by atoms with van der Waals surface area (Å²) in [5, 5.41) is 4.18. The zero-order valence-electron chi connectivity index (χ0n) is 20.6. The molecule has 1 atom stereocenters. The largest absolute Gasteiger partial charge is 0.496 e. The minimum atomic E-state index is -0.367. The molecule has 2 aromatic heterocycles. The number of methoxy groups -OCH3 is 1. The van der Waals surface area contributed by atoms with Crippen LogP contribution < -0.4 is 21.3 Å². The van der Waals surface area contributed by atoms with Crippen LogP contribution in [0.5, 0.6) is 5.75 Å². The van der Waals surface area contributed by atoms with Gasteiger partial charge in [-0.1, -0.05) is 60.2 Å². The van der Waals surface area contributed by atoms with Crippen LogP contribution in [0.25, 0.3) is 27.8 Å².